The van der Waals surface area contributed by atoms with Gasteiger partial charge in [0.05, 0.1) is 3.79 Å². The Bertz CT molecular complexity index is 547. The van der Waals surface area contributed by atoms with Gasteiger partial charge in [0.1, 0.15) is 0 Å². The van der Waals surface area contributed by atoms with E-state index in [9.17, 15) is 0 Å². The van der Waals surface area contributed by atoms with Gasteiger partial charge in [0.2, 0.25) is 0 Å². The van der Waals surface area contributed by atoms with Crippen molar-refractivity contribution >= 4 is 27.3 Å². The Hall–Kier alpha value is -0.640. The lowest BCUT2D eigenvalue weighted by atomic mass is 9.76. The molecule has 0 amide bonds. The van der Waals surface area contributed by atoms with Crippen LogP contribution in [-0.2, 0) is 11.8 Å². The second-order valence-corrected chi connectivity index (χ2v) is 8.55. The van der Waals surface area contributed by atoms with Crippen LogP contribution in [0.25, 0.3) is 0 Å². The molecule has 0 saturated carbocycles. The molecule has 0 aliphatic heterocycles. The van der Waals surface area contributed by atoms with Crippen LogP contribution in [0.5, 0.6) is 0 Å². The topological polar surface area (TPSA) is 12.0 Å². The van der Waals surface area contributed by atoms with Crippen molar-refractivity contribution in [1.82, 2.24) is 5.32 Å². The summed E-state index contributed by atoms with van der Waals surface area (Å²) in [6.45, 7) is 7.98. The fourth-order valence-corrected chi connectivity index (χ4v) is 4.16. The van der Waals surface area contributed by atoms with Crippen molar-refractivity contribution in [2.75, 3.05) is 6.54 Å². The Kier molecular flexibility index (Phi) is 6.03. The number of benzene rings is 1. The van der Waals surface area contributed by atoms with Gasteiger partial charge in [0.25, 0.3) is 0 Å². The molecule has 3 heteroatoms. The summed E-state index contributed by atoms with van der Waals surface area (Å²) in [4.78, 5) is 1.43. The van der Waals surface area contributed by atoms with Crippen LogP contribution in [0, 0.1) is 0 Å². The van der Waals surface area contributed by atoms with E-state index >= 15 is 0 Å². The second kappa shape index (κ2) is 7.57. The lowest BCUT2D eigenvalue weighted by molar-refractivity contribution is 0.339. The molecule has 114 valence electrons. The van der Waals surface area contributed by atoms with Gasteiger partial charge in [-0.1, -0.05) is 51.1 Å². The maximum Gasteiger partial charge on any atom is 0.0701 e. The highest BCUT2D eigenvalue weighted by atomic mass is 79.9. The number of hydrogen-bond acceptors (Lipinski definition) is 2. The van der Waals surface area contributed by atoms with Crippen molar-refractivity contribution in [2.45, 2.75) is 45.1 Å². The zero-order chi connectivity index (χ0) is 15.3. The van der Waals surface area contributed by atoms with E-state index in [-0.39, 0.29) is 5.41 Å². The predicted octanol–water partition coefficient (Wildman–Crippen LogP) is 5.40. The smallest absolute Gasteiger partial charge is 0.0701 e. The number of hydrogen-bond donors (Lipinski definition) is 1. The molecule has 1 aromatic heterocycles. The van der Waals surface area contributed by atoms with Crippen molar-refractivity contribution < 1.29 is 0 Å². The molecular formula is C18H24BrNS. The third-order valence-corrected chi connectivity index (χ3v) is 5.71. The van der Waals surface area contributed by atoms with E-state index in [4.69, 9.17) is 0 Å². The fourth-order valence-electron chi connectivity index (χ4n) is 2.63. The van der Waals surface area contributed by atoms with E-state index in [1.165, 1.54) is 14.2 Å². The van der Waals surface area contributed by atoms with Gasteiger partial charge in [-0.05, 0) is 53.0 Å². The SMILES string of the molecule is CCCNC(Cc1ccc(Br)s1)C(C)(C)c1ccccc1. The summed E-state index contributed by atoms with van der Waals surface area (Å²) in [6.07, 6.45) is 2.23. The van der Waals surface area contributed by atoms with Crippen molar-refractivity contribution in [3.8, 4) is 0 Å². The molecule has 1 nitrogen and oxygen atoms in total. The van der Waals surface area contributed by atoms with Crippen molar-refractivity contribution in [3.63, 3.8) is 0 Å². The first kappa shape index (κ1) is 16.7. The van der Waals surface area contributed by atoms with Crippen LogP contribution in [0.1, 0.15) is 37.6 Å². The Morgan fingerprint density at radius 1 is 1.14 bits per heavy atom. The molecule has 0 bridgehead atoms. The van der Waals surface area contributed by atoms with E-state index in [1.54, 1.807) is 0 Å². The van der Waals surface area contributed by atoms with Crippen LogP contribution in [0.15, 0.2) is 46.3 Å². The quantitative estimate of drug-likeness (QED) is 0.692. The van der Waals surface area contributed by atoms with Crippen LogP contribution in [0.2, 0.25) is 0 Å². The summed E-state index contributed by atoms with van der Waals surface area (Å²) < 4.78 is 1.21. The van der Waals surface area contributed by atoms with E-state index < -0.39 is 0 Å². The first-order valence-electron chi connectivity index (χ1n) is 7.57. The molecule has 0 saturated heterocycles. The zero-order valence-electron chi connectivity index (χ0n) is 13.0. The summed E-state index contributed by atoms with van der Waals surface area (Å²) in [7, 11) is 0. The highest BCUT2D eigenvalue weighted by molar-refractivity contribution is 9.11. The Morgan fingerprint density at radius 2 is 1.86 bits per heavy atom. The summed E-state index contributed by atoms with van der Waals surface area (Å²) in [5.74, 6) is 0. The molecule has 0 spiro atoms. The van der Waals surface area contributed by atoms with Crippen molar-refractivity contribution in [1.29, 1.82) is 0 Å². The molecule has 0 aliphatic carbocycles. The molecule has 0 aliphatic rings. The molecule has 0 radical (unpaired) electrons. The van der Waals surface area contributed by atoms with Crippen LogP contribution in [0.3, 0.4) is 0 Å². The number of halogens is 1. The largest absolute Gasteiger partial charge is 0.313 e. The number of nitrogens with one attached hydrogen (secondary N) is 1. The van der Waals surface area contributed by atoms with Gasteiger partial charge < -0.3 is 5.32 Å². The highest BCUT2D eigenvalue weighted by Crippen LogP contribution is 2.31. The van der Waals surface area contributed by atoms with Gasteiger partial charge in [-0.25, -0.2) is 0 Å². The lowest BCUT2D eigenvalue weighted by Gasteiger charge is -2.36. The molecule has 2 aromatic rings. The van der Waals surface area contributed by atoms with Crippen molar-refractivity contribution in [2.24, 2.45) is 0 Å². The highest BCUT2D eigenvalue weighted by Gasteiger charge is 2.31. The van der Waals surface area contributed by atoms with Gasteiger partial charge in [-0.3, -0.25) is 0 Å². The molecule has 1 atom stereocenters. The Labute approximate surface area is 140 Å². The fraction of sp³-hybridized carbons (Fsp3) is 0.444. The van der Waals surface area contributed by atoms with E-state index in [0.29, 0.717) is 6.04 Å². The maximum atomic E-state index is 3.76. The number of thiophene rings is 1. The summed E-state index contributed by atoms with van der Waals surface area (Å²) in [5.41, 5.74) is 1.50. The second-order valence-electron chi connectivity index (χ2n) is 6.00. The monoisotopic (exact) mass is 365 g/mol. The minimum atomic E-state index is 0.104. The third kappa shape index (κ3) is 4.41. The van der Waals surface area contributed by atoms with Gasteiger partial charge in [0.15, 0.2) is 0 Å². The summed E-state index contributed by atoms with van der Waals surface area (Å²) in [6, 6.07) is 15.7. The molecule has 0 fully saturated rings. The van der Waals surface area contributed by atoms with Gasteiger partial charge in [0, 0.05) is 16.3 Å². The molecule has 2 rings (SSSR count). The molecule has 21 heavy (non-hydrogen) atoms. The molecular weight excluding hydrogens is 342 g/mol. The molecule has 1 heterocycles. The standard InChI is InChI=1S/C18H24BrNS/c1-4-12-20-16(13-15-10-11-17(19)21-15)18(2,3)14-8-6-5-7-9-14/h5-11,16,20H,4,12-13H2,1-3H3. The summed E-state index contributed by atoms with van der Waals surface area (Å²) >= 11 is 5.41. The normalized spacial score (nSPS) is 13.3. The van der Waals surface area contributed by atoms with Gasteiger partial charge in [-0.2, -0.15) is 0 Å². The average Bonchev–Trinajstić information content (AvgIpc) is 2.89. The third-order valence-electron chi connectivity index (χ3n) is 4.06. The van der Waals surface area contributed by atoms with Crippen LogP contribution in [0.4, 0.5) is 0 Å². The first-order chi connectivity index (χ1) is 10.0. The van der Waals surface area contributed by atoms with Crippen LogP contribution in [-0.4, -0.2) is 12.6 Å². The minimum absolute atomic E-state index is 0.104. The number of rotatable bonds is 7. The van der Waals surface area contributed by atoms with E-state index in [1.807, 2.05) is 11.3 Å². The molecule has 1 unspecified atom stereocenters. The maximum absolute atomic E-state index is 3.76. The summed E-state index contributed by atoms with van der Waals surface area (Å²) in [5, 5.41) is 3.76. The zero-order valence-corrected chi connectivity index (χ0v) is 15.4. The molecule has 1 N–H and O–H groups in total. The lowest BCUT2D eigenvalue weighted by Crippen LogP contribution is -2.46. The predicted molar refractivity (Wildman–Crippen MR) is 97.3 cm³/mol. The first-order valence-corrected chi connectivity index (χ1v) is 9.18. The Balaban J connectivity index is 2.21. The van der Waals surface area contributed by atoms with Gasteiger partial charge >= 0.3 is 0 Å². The van der Waals surface area contributed by atoms with Crippen molar-refractivity contribution in [3.05, 3.63) is 56.7 Å². The van der Waals surface area contributed by atoms with Crippen LogP contribution >= 0.6 is 27.3 Å². The minimum Gasteiger partial charge on any atom is -0.313 e. The van der Waals surface area contributed by atoms with Crippen LogP contribution < -0.4 is 5.32 Å². The van der Waals surface area contributed by atoms with Gasteiger partial charge in [-0.15, -0.1) is 11.3 Å². The molecule has 1 aromatic carbocycles. The van der Waals surface area contributed by atoms with E-state index in [0.717, 1.165) is 19.4 Å². The van der Waals surface area contributed by atoms with E-state index in [2.05, 4.69) is 84.5 Å². The Morgan fingerprint density at radius 3 is 2.43 bits per heavy atom. The average molecular weight is 366 g/mol.